The van der Waals surface area contributed by atoms with Crippen molar-refractivity contribution in [2.24, 2.45) is 5.73 Å². The number of aliphatic hydroxyl groups excluding tert-OH is 1. The van der Waals surface area contributed by atoms with Gasteiger partial charge in [0.05, 0.1) is 36.5 Å². The van der Waals surface area contributed by atoms with Crippen molar-refractivity contribution in [3.63, 3.8) is 0 Å². The first-order chi connectivity index (χ1) is 24.6. The molecule has 0 radical (unpaired) electrons. The third kappa shape index (κ3) is 18.3. The molecule has 0 saturated carbocycles. The number of nitrogens with zero attached hydrogens (tertiary/aromatic N) is 6. The molecule has 294 valence electrons. The zero-order chi connectivity index (χ0) is 39.4. The number of aromatic nitrogens is 7. The predicted molar refractivity (Wildman–Crippen MR) is 222 cm³/mol. The fourth-order valence-electron chi connectivity index (χ4n) is 4.00. The number of pyridine rings is 3. The van der Waals surface area contributed by atoms with Gasteiger partial charge in [-0.25, -0.2) is 24.7 Å². The number of fused-ring (bicyclic) bond motifs is 2. The average Bonchev–Trinajstić information content (AvgIpc) is 3.07. The first kappa shape index (κ1) is 51.3. The molecule has 12 N–H and O–H groups in total. The molecule has 1 unspecified atom stereocenters. The average molecular weight is 829 g/mol. The van der Waals surface area contributed by atoms with Crippen LogP contribution in [0.2, 0.25) is 0 Å². The molecule has 2 atom stereocenters. The molecule has 0 aliphatic carbocycles. The summed E-state index contributed by atoms with van der Waals surface area (Å²) in [4.78, 5) is 49.1. The molecule has 0 aliphatic heterocycles. The van der Waals surface area contributed by atoms with Gasteiger partial charge < -0.3 is 38.1 Å². The number of aliphatic hydroxyl groups is 1. The van der Waals surface area contributed by atoms with Crippen LogP contribution in [-0.2, 0) is 9.44 Å². The van der Waals surface area contributed by atoms with Crippen LogP contribution in [0.4, 0.5) is 23.4 Å². The Morgan fingerprint density at radius 2 is 1.52 bits per heavy atom. The van der Waals surface area contributed by atoms with Gasteiger partial charge in [-0.3, -0.25) is 20.2 Å². The third-order valence-electron chi connectivity index (χ3n) is 6.07. The first-order valence-electron chi connectivity index (χ1n) is 15.1. The predicted octanol–water partition coefficient (Wildman–Crippen LogP) is 4.42. The number of esters is 1. The van der Waals surface area contributed by atoms with E-state index in [1.165, 1.54) is 7.11 Å². The molecule has 0 bridgehead atoms. The quantitative estimate of drug-likeness (QED) is 0.0281. The summed E-state index contributed by atoms with van der Waals surface area (Å²) < 4.78 is 13.5. The van der Waals surface area contributed by atoms with Crippen LogP contribution in [0.5, 0.6) is 0 Å². The van der Waals surface area contributed by atoms with Crippen molar-refractivity contribution >= 4 is 107 Å². The molecule has 0 saturated heterocycles. The van der Waals surface area contributed by atoms with Crippen molar-refractivity contribution in [1.29, 1.82) is 5.41 Å². The van der Waals surface area contributed by atoms with Crippen molar-refractivity contribution in [1.82, 2.24) is 34.9 Å². The van der Waals surface area contributed by atoms with E-state index in [9.17, 15) is 14.7 Å². The van der Waals surface area contributed by atoms with Crippen molar-refractivity contribution in [3.05, 3.63) is 69.5 Å². The van der Waals surface area contributed by atoms with Gasteiger partial charge >= 0.3 is 36.6 Å². The molecule has 5 aromatic heterocycles. The monoisotopic (exact) mass is 827 g/mol. The number of H-pyrrole nitrogens is 1. The number of carbonyl (C=O) groups is 1. The summed E-state index contributed by atoms with van der Waals surface area (Å²) in [6, 6.07) is 5.32. The molecule has 0 amide bonds. The Morgan fingerprint density at radius 1 is 1.02 bits per heavy atom. The second kappa shape index (κ2) is 26.9. The van der Waals surface area contributed by atoms with Crippen LogP contribution in [0, 0.1) is 26.2 Å². The van der Waals surface area contributed by atoms with Crippen LogP contribution in [0.3, 0.4) is 0 Å². The van der Waals surface area contributed by atoms with Crippen LogP contribution in [0.1, 0.15) is 54.4 Å². The summed E-state index contributed by atoms with van der Waals surface area (Å²) in [6.07, 6.45) is 6.79. The molecule has 23 heteroatoms. The van der Waals surface area contributed by atoms with E-state index in [4.69, 9.17) is 38.6 Å². The molecule has 5 heterocycles. The van der Waals surface area contributed by atoms with Gasteiger partial charge in [0, 0.05) is 18.6 Å². The number of nitrogen functional groups attached to an aromatic ring is 3. The summed E-state index contributed by atoms with van der Waals surface area (Å²) in [5, 5.41) is 18.2. The van der Waals surface area contributed by atoms with E-state index in [1.807, 2.05) is 26.8 Å². The van der Waals surface area contributed by atoms with Gasteiger partial charge in [-0.1, -0.05) is 20.8 Å². The molecule has 0 fully saturated rings. The normalized spacial score (nSPS) is 10.1. The van der Waals surface area contributed by atoms with Gasteiger partial charge in [0.15, 0.2) is 22.3 Å². The number of nitrogens with two attached hydrogens (primary N) is 4. The number of amidine groups is 1. The van der Waals surface area contributed by atoms with Crippen LogP contribution in [-0.4, -0.2) is 77.9 Å². The molecule has 5 rings (SSSR count). The SMILES string of the molecule is C.CCC[C@@H](CO)Nc1nc(N)nc2cc(C)cnc12.COC(=O)c1ncc(C)cc1N.Cc1cnc2c(=O)[nH]c(N)nc2c1.Cl.N=C(N)Cl.O=BPCl. The molecule has 18 nitrogen and oxygen atoms in total. The fourth-order valence-corrected chi connectivity index (χ4v) is 4.00. The number of ether oxygens (including phenoxy) is 1. The number of hydrogen-bond donors (Lipinski definition) is 8. The topological polar surface area (TPSA) is 314 Å². The van der Waals surface area contributed by atoms with E-state index in [2.05, 4.69) is 69.2 Å². The molecule has 0 aliphatic rings. The van der Waals surface area contributed by atoms with E-state index in [0.717, 1.165) is 29.5 Å². The van der Waals surface area contributed by atoms with Crippen molar-refractivity contribution in [2.45, 2.75) is 54.0 Å². The number of hydrogen-bond acceptors (Lipinski definition) is 16. The number of methoxy groups -OCH3 is 1. The molecule has 0 spiro atoms. The van der Waals surface area contributed by atoms with Gasteiger partial charge in [-0.2, -0.15) is 4.98 Å². The Labute approximate surface area is 330 Å². The molecule has 54 heavy (non-hydrogen) atoms. The number of rotatable bonds is 7. The van der Waals surface area contributed by atoms with E-state index in [1.54, 1.807) is 30.7 Å². The van der Waals surface area contributed by atoms with Crippen LogP contribution in [0.15, 0.2) is 41.6 Å². The molecule has 5 aromatic rings. The summed E-state index contributed by atoms with van der Waals surface area (Å²) >= 11 is 9.48. The second-order valence-electron chi connectivity index (χ2n) is 10.5. The van der Waals surface area contributed by atoms with Crippen molar-refractivity contribution < 1.29 is 19.3 Å². The van der Waals surface area contributed by atoms with Gasteiger partial charge in [0.2, 0.25) is 11.9 Å². The zero-order valence-electron chi connectivity index (χ0n) is 29.5. The Hall–Kier alpha value is -4.81. The summed E-state index contributed by atoms with van der Waals surface area (Å²) in [6.45, 7) is 8.46. The summed E-state index contributed by atoms with van der Waals surface area (Å²) in [5.74, 6) is 0.392. The fraction of sp³-hybridized carbons (Fsp3) is 0.323. The van der Waals surface area contributed by atoms with Crippen LogP contribution < -0.4 is 33.8 Å². The minimum absolute atomic E-state index is 0. The Morgan fingerprint density at radius 3 is 2.00 bits per heavy atom. The van der Waals surface area contributed by atoms with Gasteiger partial charge in [0.25, 0.3) is 5.56 Å². The van der Waals surface area contributed by atoms with Crippen molar-refractivity contribution in [3.8, 4) is 0 Å². The summed E-state index contributed by atoms with van der Waals surface area (Å²) in [5.41, 5.74) is 26.4. The van der Waals surface area contributed by atoms with Gasteiger partial charge in [-0.15, -0.1) is 12.4 Å². The third-order valence-corrected chi connectivity index (χ3v) is 6.42. The maximum absolute atomic E-state index is 11.3. The van der Waals surface area contributed by atoms with Crippen molar-refractivity contribution in [2.75, 3.05) is 36.2 Å². The minimum atomic E-state index is -0.507. The zero-order valence-corrected chi connectivity index (χ0v) is 32.8. The van der Waals surface area contributed by atoms with E-state index >= 15 is 0 Å². The van der Waals surface area contributed by atoms with Gasteiger partial charge in [0.1, 0.15) is 5.52 Å². The maximum atomic E-state index is 11.3. The number of carbonyl (C=O) groups excluding carboxylic acids is 1. The van der Waals surface area contributed by atoms with Crippen LogP contribution >= 0.6 is 43.1 Å². The first-order valence-corrected chi connectivity index (χ1v) is 17.6. The second-order valence-corrected chi connectivity index (χ2v) is 12.0. The Balaban J connectivity index is 0. The van der Waals surface area contributed by atoms with Crippen LogP contribution in [0.25, 0.3) is 22.1 Å². The number of nitrogens with one attached hydrogen (secondary N) is 3. The number of anilines is 4. The molecule has 0 aromatic carbocycles. The number of halogens is 3. The number of aryl methyl sites for hydroxylation is 3. The number of aromatic amines is 1. The Bertz CT molecular complexity index is 2000. The van der Waals surface area contributed by atoms with Gasteiger partial charge in [-0.05, 0) is 73.7 Å². The standard InChI is InChI=1S/C13H19N5O.C8H8N4O.C8H10N2O2.CH3ClN2.CH4.BClHOP.ClH/c1-3-4-9(7-19)16-12-11-10(17-13(14)18-12)5-8(2)6-15-11;1-4-2-5-6(10-3-4)7(13)12-8(9)11-5;1-5-3-6(9)7(10-4-5)8(11)12-2;2-1(3)4;;2-4-1-3;/h5-6,9,19H,3-4,7H2,1-2H3,(H3,14,16,17,18);2-3H,1H3,(H3,9,11,12,13);3-4H,9H2,1-2H3;(H3,3,4);1H4;4H;1H/t9-;;;;;;/m0....../s1. The Kier molecular flexibility index (Phi) is 25.5. The summed E-state index contributed by atoms with van der Waals surface area (Å²) in [7, 11) is 1.23. The van der Waals surface area contributed by atoms with E-state index < -0.39 is 5.97 Å². The van der Waals surface area contributed by atoms with E-state index in [-0.39, 0.29) is 68.7 Å². The molecular formula is C31H46BCl3N13O5P. The van der Waals surface area contributed by atoms with E-state index in [0.29, 0.717) is 40.4 Å². The molecular weight excluding hydrogens is 783 g/mol.